The quantitative estimate of drug-likeness (QED) is 0.229. The van der Waals surface area contributed by atoms with Crippen LogP contribution in [-0.2, 0) is 9.53 Å². The Morgan fingerprint density at radius 3 is 2.18 bits per heavy atom. The summed E-state index contributed by atoms with van der Waals surface area (Å²) in [5.74, 6) is 0.0731. The van der Waals surface area contributed by atoms with E-state index in [1.54, 1.807) is 37.4 Å². The lowest BCUT2D eigenvalue weighted by molar-refractivity contribution is -0.149. The molecule has 0 heterocycles. The minimum absolute atomic E-state index is 0.207. The maximum atomic E-state index is 13.2. The predicted octanol–water partition coefficient (Wildman–Crippen LogP) is 7.63. The molecule has 0 saturated heterocycles. The van der Waals surface area contributed by atoms with Crippen molar-refractivity contribution >= 4 is 40.8 Å². The normalized spacial score (nSPS) is 15.6. The third-order valence-electron chi connectivity index (χ3n) is 5.93. The smallest absolute Gasteiger partial charge is 0.315 e. The van der Waals surface area contributed by atoms with Crippen LogP contribution in [0.5, 0.6) is 5.75 Å². The van der Waals surface area contributed by atoms with Gasteiger partial charge >= 0.3 is 5.97 Å². The Hall–Kier alpha value is -2.71. The van der Waals surface area contributed by atoms with Gasteiger partial charge in [-0.25, -0.2) is 0 Å². The van der Waals surface area contributed by atoms with Gasteiger partial charge in [0.2, 0.25) is 6.10 Å². The van der Waals surface area contributed by atoms with Gasteiger partial charge in [0.05, 0.1) is 18.4 Å². The van der Waals surface area contributed by atoms with E-state index in [1.807, 2.05) is 36.4 Å². The van der Waals surface area contributed by atoms with E-state index >= 15 is 0 Å². The first-order valence-electron chi connectivity index (χ1n) is 10.8. The highest BCUT2D eigenvalue weighted by molar-refractivity contribution is 6.33. The van der Waals surface area contributed by atoms with Crippen molar-refractivity contribution in [3.8, 4) is 11.8 Å². The predicted molar refractivity (Wildman–Crippen MR) is 134 cm³/mol. The molecule has 1 saturated carbocycles. The molecule has 1 aliphatic rings. The van der Waals surface area contributed by atoms with E-state index in [0.29, 0.717) is 26.9 Å². The Balaban J connectivity index is 1.57. The van der Waals surface area contributed by atoms with E-state index in [1.165, 1.54) is 0 Å². The van der Waals surface area contributed by atoms with Crippen LogP contribution < -0.4 is 4.74 Å². The number of halogens is 3. The summed E-state index contributed by atoms with van der Waals surface area (Å²) in [6.07, 6.45) is 0.809. The summed E-state index contributed by atoms with van der Waals surface area (Å²) in [7, 11) is 1.60. The van der Waals surface area contributed by atoms with Gasteiger partial charge in [-0.15, -0.1) is 11.6 Å². The molecule has 1 aliphatic carbocycles. The Morgan fingerprint density at radius 1 is 0.971 bits per heavy atom. The van der Waals surface area contributed by atoms with Crippen molar-refractivity contribution in [2.45, 2.75) is 30.2 Å². The van der Waals surface area contributed by atoms with Crippen molar-refractivity contribution < 1.29 is 14.3 Å². The number of hydrogen-bond donors (Lipinski definition) is 0. The second kappa shape index (κ2) is 10.7. The van der Waals surface area contributed by atoms with E-state index in [2.05, 4.69) is 6.07 Å². The zero-order valence-corrected chi connectivity index (χ0v) is 20.6. The highest BCUT2D eigenvalue weighted by Crippen LogP contribution is 2.44. The van der Waals surface area contributed by atoms with E-state index in [0.717, 1.165) is 24.0 Å². The molecule has 3 unspecified atom stereocenters. The molecule has 0 radical (unpaired) electrons. The number of ether oxygens (including phenoxy) is 2. The highest BCUT2D eigenvalue weighted by Gasteiger charge is 2.39. The number of alkyl halides is 1. The molecule has 0 bridgehead atoms. The minimum atomic E-state index is -1.09. The summed E-state index contributed by atoms with van der Waals surface area (Å²) in [4.78, 5) is 13.2. The standard InChI is InChI=1S/C27H22Cl3NO3/c1-33-21-11-6-17(7-12-21)25(16-2-3-16)27(32)34-24(15-31)19-8-13-23(29)22(14-19)26(30)18-4-9-20(28)10-5-18/h4-14,16,24-26H,2-3H2,1H3. The number of hydrogen-bond acceptors (Lipinski definition) is 4. The zero-order valence-electron chi connectivity index (χ0n) is 18.4. The Morgan fingerprint density at radius 2 is 1.59 bits per heavy atom. The van der Waals surface area contributed by atoms with Crippen molar-refractivity contribution in [2.24, 2.45) is 5.92 Å². The average Bonchev–Trinajstić information content (AvgIpc) is 3.69. The zero-order chi connectivity index (χ0) is 24.2. The highest BCUT2D eigenvalue weighted by atomic mass is 35.5. The van der Waals surface area contributed by atoms with Crippen LogP contribution in [0.3, 0.4) is 0 Å². The second-order valence-electron chi connectivity index (χ2n) is 8.23. The van der Waals surface area contributed by atoms with E-state index in [4.69, 9.17) is 44.3 Å². The monoisotopic (exact) mass is 513 g/mol. The molecular formula is C27H22Cl3NO3. The lowest BCUT2D eigenvalue weighted by Gasteiger charge is -2.20. The maximum absolute atomic E-state index is 13.2. The molecule has 0 amide bonds. The number of rotatable bonds is 8. The first-order valence-corrected chi connectivity index (χ1v) is 12.0. The van der Waals surface area contributed by atoms with Gasteiger partial charge in [0, 0.05) is 15.6 Å². The summed E-state index contributed by atoms with van der Waals surface area (Å²) in [6.45, 7) is 0. The molecule has 3 aromatic carbocycles. The molecule has 3 aromatic rings. The third kappa shape index (κ3) is 5.50. The molecule has 34 heavy (non-hydrogen) atoms. The van der Waals surface area contributed by atoms with Crippen LogP contribution in [0.15, 0.2) is 66.7 Å². The minimum Gasteiger partial charge on any atom is -0.497 e. The van der Waals surface area contributed by atoms with E-state index < -0.39 is 23.4 Å². The van der Waals surface area contributed by atoms with E-state index in [9.17, 15) is 10.1 Å². The number of methoxy groups -OCH3 is 1. The van der Waals surface area contributed by atoms with Gasteiger partial charge in [0.1, 0.15) is 11.8 Å². The summed E-state index contributed by atoms with van der Waals surface area (Å²) >= 11 is 19.1. The summed E-state index contributed by atoms with van der Waals surface area (Å²) < 4.78 is 10.9. The van der Waals surface area contributed by atoms with E-state index in [-0.39, 0.29) is 5.92 Å². The van der Waals surface area contributed by atoms with Gasteiger partial charge in [0.15, 0.2) is 0 Å². The lowest BCUT2D eigenvalue weighted by Crippen LogP contribution is -2.20. The number of nitriles is 1. The molecule has 1 fully saturated rings. The fourth-order valence-electron chi connectivity index (χ4n) is 3.93. The number of esters is 1. The molecule has 7 heteroatoms. The second-order valence-corrected chi connectivity index (χ2v) is 9.51. The van der Waals surface area contributed by atoms with Gasteiger partial charge in [-0.3, -0.25) is 4.79 Å². The Labute approximate surface area is 214 Å². The Kier molecular flexibility index (Phi) is 7.68. The van der Waals surface area contributed by atoms with Gasteiger partial charge in [-0.1, -0.05) is 53.5 Å². The molecule has 0 aliphatic heterocycles. The number of benzene rings is 3. The van der Waals surface area contributed by atoms with Crippen molar-refractivity contribution in [3.63, 3.8) is 0 Å². The van der Waals surface area contributed by atoms with Crippen molar-refractivity contribution in [3.05, 3.63) is 99.0 Å². The molecular weight excluding hydrogens is 493 g/mol. The SMILES string of the molecule is COc1ccc(C(C(=O)OC(C#N)c2ccc(Cl)c(C(Cl)c3ccc(Cl)cc3)c2)C2CC2)cc1. The van der Waals surface area contributed by atoms with Crippen molar-refractivity contribution in [2.75, 3.05) is 7.11 Å². The fraction of sp³-hybridized carbons (Fsp3) is 0.259. The summed E-state index contributed by atoms with van der Waals surface area (Å²) in [6, 6.07) is 21.7. The molecule has 4 nitrogen and oxygen atoms in total. The Bertz CT molecular complexity index is 1200. The van der Waals surface area contributed by atoms with Crippen LogP contribution in [0.25, 0.3) is 0 Å². The third-order valence-corrected chi connectivity index (χ3v) is 7.02. The van der Waals surface area contributed by atoms with Gasteiger partial charge < -0.3 is 9.47 Å². The van der Waals surface area contributed by atoms with Crippen LogP contribution in [0.1, 0.15) is 52.5 Å². The first-order chi connectivity index (χ1) is 16.4. The number of carbonyl (C=O) groups is 1. The number of nitrogens with zero attached hydrogens (tertiary/aromatic N) is 1. The lowest BCUT2D eigenvalue weighted by atomic mass is 9.94. The van der Waals surface area contributed by atoms with Crippen LogP contribution in [-0.4, -0.2) is 13.1 Å². The molecule has 0 aromatic heterocycles. The topological polar surface area (TPSA) is 59.3 Å². The van der Waals surface area contributed by atoms with Gasteiger partial charge in [-0.05, 0) is 71.8 Å². The van der Waals surface area contributed by atoms with Crippen LogP contribution in [0.2, 0.25) is 10.0 Å². The molecule has 4 rings (SSSR count). The molecule has 3 atom stereocenters. The number of carbonyl (C=O) groups excluding carboxylic acids is 1. The van der Waals surface area contributed by atoms with Crippen LogP contribution in [0, 0.1) is 17.2 Å². The van der Waals surface area contributed by atoms with Gasteiger partial charge in [0.25, 0.3) is 0 Å². The molecule has 0 spiro atoms. The summed E-state index contributed by atoms with van der Waals surface area (Å²) in [5, 5.41) is 10.3. The largest absolute Gasteiger partial charge is 0.497 e. The van der Waals surface area contributed by atoms with Crippen molar-refractivity contribution in [1.82, 2.24) is 0 Å². The molecule has 174 valence electrons. The first kappa shape index (κ1) is 24.4. The average molecular weight is 515 g/mol. The fourth-order valence-corrected chi connectivity index (χ4v) is 4.67. The van der Waals surface area contributed by atoms with Crippen LogP contribution in [0.4, 0.5) is 0 Å². The molecule has 0 N–H and O–H groups in total. The van der Waals surface area contributed by atoms with Gasteiger partial charge in [-0.2, -0.15) is 5.26 Å². The van der Waals surface area contributed by atoms with Crippen LogP contribution >= 0.6 is 34.8 Å². The van der Waals surface area contributed by atoms with Crippen molar-refractivity contribution in [1.29, 1.82) is 5.26 Å². The maximum Gasteiger partial charge on any atom is 0.315 e. The summed E-state index contributed by atoms with van der Waals surface area (Å²) in [5.41, 5.74) is 2.79.